The average Bonchev–Trinajstić information content (AvgIpc) is 2.60. The number of aliphatic hydroxyl groups excluding tert-OH is 2. The van der Waals surface area contributed by atoms with Gasteiger partial charge in [0, 0.05) is 0 Å². The van der Waals surface area contributed by atoms with Crippen LogP contribution in [-0.2, 0) is 6.61 Å². The summed E-state index contributed by atoms with van der Waals surface area (Å²) in [6.07, 6.45) is -1.72. The number of nitrogens with zero attached hydrogens (tertiary/aromatic N) is 1. The van der Waals surface area contributed by atoms with Crippen LogP contribution < -0.4 is 10.5 Å². The second kappa shape index (κ2) is 8.30. The Morgan fingerprint density at radius 1 is 1.13 bits per heavy atom. The molecule has 4 N–H and O–H groups in total. The zero-order chi connectivity index (χ0) is 16.7. The number of nitriles is 1. The minimum atomic E-state index is -1.06. The van der Waals surface area contributed by atoms with Crippen LogP contribution in [0.2, 0.25) is 0 Å². The highest BCUT2D eigenvalue weighted by atomic mass is 16.5. The maximum atomic E-state index is 10.1. The first kappa shape index (κ1) is 17.0. The van der Waals surface area contributed by atoms with E-state index < -0.39 is 12.2 Å². The molecule has 2 rings (SSSR count). The minimum Gasteiger partial charge on any atom is -0.488 e. The highest BCUT2D eigenvalue weighted by Crippen LogP contribution is 2.26. The summed E-state index contributed by atoms with van der Waals surface area (Å²) in [4.78, 5) is 0. The molecule has 2 aromatic carbocycles. The molecule has 0 aromatic heterocycles. The van der Waals surface area contributed by atoms with Crippen molar-refractivity contribution in [3.05, 3.63) is 65.2 Å². The van der Waals surface area contributed by atoms with Crippen LogP contribution in [0, 0.1) is 11.3 Å². The molecule has 5 heteroatoms. The second-order valence-corrected chi connectivity index (χ2v) is 5.23. The summed E-state index contributed by atoms with van der Waals surface area (Å²) in [5.41, 5.74) is 7.24. The van der Waals surface area contributed by atoms with E-state index >= 15 is 0 Å². The van der Waals surface area contributed by atoms with Crippen LogP contribution in [0.3, 0.4) is 0 Å². The Kier molecular flexibility index (Phi) is 6.12. The molecule has 2 unspecified atom stereocenters. The summed E-state index contributed by atoms with van der Waals surface area (Å²) in [5, 5.41) is 29.2. The predicted molar refractivity (Wildman–Crippen MR) is 86.6 cm³/mol. The molecule has 0 bridgehead atoms. The predicted octanol–water partition coefficient (Wildman–Crippen LogP) is 1.88. The summed E-state index contributed by atoms with van der Waals surface area (Å²) in [7, 11) is 0. The molecular weight excluding hydrogens is 292 g/mol. The summed E-state index contributed by atoms with van der Waals surface area (Å²) in [6.45, 7) is 0.603. The van der Waals surface area contributed by atoms with Crippen LogP contribution in [0.4, 0.5) is 0 Å². The number of nitrogens with two attached hydrogens (primary N) is 1. The van der Waals surface area contributed by atoms with E-state index in [0.717, 1.165) is 5.56 Å². The molecule has 5 nitrogen and oxygen atoms in total. The third kappa shape index (κ3) is 4.54. The lowest BCUT2D eigenvalue weighted by Gasteiger charge is -2.18. The Hall–Kier alpha value is -2.39. The van der Waals surface area contributed by atoms with Crippen LogP contribution in [-0.4, -0.2) is 22.9 Å². The third-order valence-corrected chi connectivity index (χ3v) is 3.53. The summed E-state index contributed by atoms with van der Waals surface area (Å²) >= 11 is 0. The van der Waals surface area contributed by atoms with E-state index in [1.54, 1.807) is 18.2 Å². The van der Waals surface area contributed by atoms with Gasteiger partial charge < -0.3 is 20.7 Å². The van der Waals surface area contributed by atoms with Crippen molar-refractivity contribution in [3.63, 3.8) is 0 Å². The number of benzene rings is 2. The molecule has 0 aliphatic rings. The van der Waals surface area contributed by atoms with Gasteiger partial charge in [0.15, 0.2) is 0 Å². The SMILES string of the molecule is N#Cc1ccc(C(O)C(O)CCN)cc1OCc1ccccc1. The number of ether oxygens (including phenoxy) is 1. The molecule has 0 saturated heterocycles. The molecule has 2 atom stereocenters. The smallest absolute Gasteiger partial charge is 0.137 e. The summed E-state index contributed by atoms with van der Waals surface area (Å²) < 4.78 is 5.70. The number of aliphatic hydroxyl groups is 2. The Labute approximate surface area is 135 Å². The normalized spacial score (nSPS) is 13.1. The van der Waals surface area contributed by atoms with E-state index in [9.17, 15) is 15.5 Å². The van der Waals surface area contributed by atoms with Gasteiger partial charge in [0.2, 0.25) is 0 Å². The van der Waals surface area contributed by atoms with Crippen molar-refractivity contribution < 1.29 is 14.9 Å². The summed E-state index contributed by atoms with van der Waals surface area (Å²) in [6, 6.07) is 16.4. The molecule has 0 aliphatic heterocycles. The van der Waals surface area contributed by atoms with Crippen LogP contribution in [0.15, 0.2) is 48.5 Å². The van der Waals surface area contributed by atoms with E-state index in [1.165, 1.54) is 0 Å². The Bertz CT molecular complexity index is 668. The molecule has 0 spiro atoms. The Morgan fingerprint density at radius 2 is 1.87 bits per heavy atom. The van der Waals surface area contributed by atoms with Crippen molar-refractivity contribution in [2.75, 3.05) is 6.54 Å². The Morgan fingerprint density at radius 3 is 2.52 bits per heavy atom. The van der Waals surface area contributed by atoms with Gasteiger partial charge in [0.1, 0.15) is 24.5 Å². The van der Waals surface area contributed by atoms with E-state index in [2.05, 4.69) is 6.07 Å². The average molecular weight is 312 g/mol. The van der Waals surface area contributed by atoms with Gasteiger partial charge in [-0.05, 0) is 36.2 Å². The minimum absolute atomic E-state index is 0.284. The van der Waals surface area contributed by atoms with Gasteiger partial charge in [0.25, 0.3) is 0 Å². The molecule has 0 fully saturated rings. The van der Waals surface area contributed by atoms with Gasteiger partial charge >= 0.3 is 0 Å². The van der Waals surface area contributed by atoms with Gasteiger partial charge in [-0.1, -0.05) is 36.4 Å². The van der Waals surface area contributed by atoms with Crippen molar-refractivity contribution in [2.45, 2.75) is 25.2 Å². The van der Waals surface area contributed by atoms with Gasteiger partial charge in [-0.25, -0.2) is 0 Å². The van der Waals surface area contributed by atoms with Crippen LogP contribution in [0.25, 0.3) is 0 Å². The largest absolute Gasteiger partial charge is 0.488 e. The number of hydrogen-bond donors (Lipinski definition) is 3. The Balaban J connectivity index is 2.17. The van der Waals surface area contributed by atoms with Crippen molar-refractivity contribution in [2.24, 2.45) is 5.73 Å². The van der Waals surface area contributed by atoms with Gasteiger partial charge in [-0.2, -0.15) is 5.26 Å². The summed E-state index contributed by atoms with van der Waals surface area (Å²) in [5.74, 6) is 0.382. The van der Waals surface area contributed by atoms with Crippen LogP contribution >= 0.6 is 0 Å². The monoisotopic (exact) mass is 312 g/mol. The standard InChI is InChI=1S/C18H20N2O3/c19-9-8-16(21)18(22)14-6-7-15(11-20)17(10-14)23-12-13-4-2-1-3-5-13/h1-7,10,16,18,21-22H,8-9,12,19H2. The molecule has 120 valence electrons. The van der Waals surface area contributed by atoms with Crippen molar-refractivity contribution in [1.82, 2.24) is 0 Å². The van der Waals surface area contributed by atoms with E-state index in [0.29, 0.717) is 29.9 Å². The quantitative estimate of drug-likeness (QED) is 0.725. The van der Waals surface area contributed by atoms with Crippen LogP contribution in [0.5, 0.6) is 5.75 Å². The first-order valence-electron chi connectivity index (χ1n) is 7.42. The lowest BCUT2D eigenvalue weighted by atomic mass is 10.0. The molecule has 2 aromatic rings. The second-order valence-electron chi connectivity index (χ2n) is 5.23. The van der Waals surface area contributed by atoms with Gasteiger partial charge in [0.05, 0.1) is 11.7 Å². The van der Waals surface area contributed by atoms with Gasteiger partial charge in [-0.15, -0.1) is 0 Å². The van der Waals surface area contributed by atoms with E-state index in [4.69, 9.17) is 10.5 Å². The lowest BCUT2D eigenvalue weighted by molar-refractivity contribution is 0.0149. The van der Waals surface area contributed by atoms with Crippen LogP contribution in [0.1, 0.15) is 29.2 Å². The molecule has 23 heavy (non-hydrogen) atoms. The van der Waals surface area contributed by atoms with E-state index in [1.807, 2.05) is 30.3 Å². The first-order chi connectivity index (χ1) is 11.2. The van der Waals surface area contributed by atoms with Crippen molar-refractivity contribution >= 4 is 0 Å². The van der Waals surface area contributed by atoms with E-state index in [-0.39, 0.29) is 6.54 Å². The number of hydrogen-bond acceptors (Lipinski definition) is 5. The van der Waals surface area contributed by atoms with Gasteiger partial charge in [-0.3, -0.25) is 0 Å². The molecule has 0 amide bonds. The van der Waals surface area contributed by atoms with Crippen molar-refractivity contribution in [3.8, 4) is 11.8 Å². The highest BCUT2D eigenvalue weighted by Gasteiger charge is 2.19. The fraction of sp³-hybridized carbons (Fsp3) is 0.278. The molecule has 0 radical (unpaired) electrons. The maximum Gasteiger partial charge on any atom is 0.137 e. The molecule has 0 aliphatic carbocycles. The fourth-order valence-electron chi connectivity index (χ4n) is 2.22. The van der Waals surface area contributed by atoms with Crippen molar-refractivity contribution in [1.29, 1.82) is 5.26 Å². The fourth-order valence-corrected chi connectivity index (χ4v) is 2.22. The zero-order valence-corrected chi connectivity index (χ0v) is 12.7. The topological polar surface area (TPSA) is 99.5 Å². The highest BCUT2D eigenvalue weighted by molar-refractivity contribution is 5.46. The molecular formula is C18H20N2O3. The zero-order valence-electron chi connectivity index (χ0n) is 12.7. The third-order valence-electron chi connectivity index (χ3n) is 3.53. The molecule has 0 saturated carbocycles. The number of rotatable bonds is 7. The molecule has 0 heterocycles. The first-order valence-corrected chi connectivity index (χ1v) is 7.42. The maximum absolute atomic E-state index is 10.1. The lowest BCUT2D eigenvalue weighted by Crippen LogP contribution is -2.21.